The van der Waals surface area contributed by atoms with Crippen LogP contribution in [0.5, 0.6) is 0 Å². The van der Waals surface area contributed by atoms with Crippen LogP contribution in [0, 0.1) is 5.92 Å². The molecule has 1 aromatic carbocycles. The number of primary amides is 1. The summed E-state index contributed by atoms with van der Waals surface area (Å²) in [6, 6.07) is 9.96. The second-order valence-corrected chi connectivity index (χ2v) is 10.0. The number of aromatic nitrogens is 1. The van der Waals surface area contributed by atoms with Crippen molar-refractivity contribution in [3.05, 3.63) is 72.6 Å². The highest BCUT2D eigenvalue weighted by atomic mass is 32.2. The summed E-state index contributed by atoms with van der Waals surface area (Å²) in [5, 5.41) is 0. The Balaban J connectivity index is 1.75. The molecule has 4 rings (SSSR count). The molecule has 9 heteroatoms. The third-order valence-corrected chi connectivity index (χ3v) is 8.14. The van der Waals surface area contributed by atoms with Gasteiger partial charge in [0.2, 0.25) is 21.8 Å². The molecule has 2 amide bonds. The molecule has 0 aliphatic carbocycles. The van der Waals surface area contributed by atoms with E-state index in [1.165, 1.54) is 28.6 Å². The predicted molar refractivity (Wildman–Crippen MR) is 119 cm³/mol. The van der Waals surface area contributed by atoms with E-state index >= 15 is 0 Å². The van der Waals surface area contributed by atoms with Gasteiger partial charge in [0.05, 0.1) is 17.1 Å². The van der Waals surface area contributed by atoms with Gasteiger partial charge in [-0.05, 0) is 49.6 Å². The highest BCUT2D eigenvalue weighted by Gasteiger charge is 2.49. The number of benzene rings is 1. The fourth-order valence-electron chi connectivity index (χ4n) is 4.66. The molecular formula is C23H26N4O4S. The van der Waals surface area contributed by atoms with E-state index in [9.17, 15) is 18.0 Å². The summed E-state index contributed by atoms with van der Waals surface area (Å²) in [4.78, 5) is 31.1. The molecule has 2 saturated heterocycles. The summed E-state index contributed by atoms with van der Waals surface area (Å²) in [7, 11) is -4.06. The minimum Gasteiger partial charge on any atom is -0.366 e. The molecule has 2 N–H and O–H groups in total. The minimum absolute atomic E-state index is 0.0421. The van der Waals surface area contributed by atoms with Crippen LogP contribution in [0.3, 0.4) is 0 Å². The Bertz CT molecular complexity index is 1140. The van der Waals surface area contributed by atoms with E-state index in [4.69, 9.17) is 5.73 Å². The minimum atomic E-state index is -4.06. The fraction of sp³-hybridized carbons (Fsp3) is 0.348. The molecule has 0 saturated carbocycles. The number of hydrogen-bond donors (Lipinski definition) is 1. The molecule has 2 aliphatic heterocycles. The van der Waals surface area contributed by atoms with Crippen molar-refractivity contribution < 1.29 is 18.0 Å². The fourth-order valence-corrected chi connectivity index (χ4v) is 6.58. The van der Waals surface area contributed by atoms with Gasteiger partial charge in [0.1, 0.15) is 6.04 Å². The molecule has 0 radical (unpaired) electrons. The molecule has 168 valence electrons. The first-order valence-electron chi connectivity index (χ1n) is 10.6. The van der Waals surface area contributed by atoms with Gasteiger partial charge in [0, 0.05) is 30.3 Å². The number of piperidine rings is 1. The lowest BCUT2D eigenvalue weighted by atomic mass is 9.90. The maximum atomic E-state index is 13.8. The van der Waals surface area contributed by atoms with Gasteiger partial charge in [-0.3, -0.25) is 14.6 Å². The summed E-state index contributed by atoms with van der Waals surface area (Å²) < 4.78 is 28.9. The third kappa shape index (κ3) is 4.05. The number of carbonyl (C=O) groups excluding carboxylic acids is 2. The Morgan fingerprint density at radius 2 is 2.03 bits per heavy atom. The first kappa shape index (κ1) is 22.2. The van der Waals surface area contributed by atoms with Crippen molar-refractivity contribution in [2.45, 2.75) is 42.8 Å². The number of nitrogens with zero attached hydrogens (tertiary/aromatic N) is 3. The second kappa shape index (κ2) is 8.84. The van der Waals surface area contributed by atoms with Crippen molar-refractivity contribution in [1.29, 1.82) is 0 Å². The van der Waals surface area contributed by atoms with Crippen LogP contribution in [0.4, 0.5) is 0 Å². The van der Waals surface area contributed by atoms with Crippen LogP contribution in [0.1, 0.15) is 35.3 Å². The van der Waals surface area contributed by atoms with Crippen molar-refractivity contribution in [3.8, 4) is 0 Å². The van der Waals surface area contributed by atoms with E-state index in [2.05, 4.69) is 11.6 Å². The van der Waals surface area contributed by atoms with Crippen molar-refractivity contribution in [2.75, 3.05) is 6.54 Å². The van der Waals surface area contributed by atoms with Crippen LogP contribution in [0.15, 0.2) is 66.2 Å². The predicted octanol–water partition coefficient (Wildman–Crippen LogP) is 1.94. The van der Waals surface area contributed by atoms with Crippen LogP contribution in [-0.2, 0) is 21.4 Å². The Morgan fingerprint density at radius 3 is 2.72 bits per heavy atom. The first-order chi connectivity index (χ1) is 15.3. The maximum absolute atomic E-state index is 13.8. The molecule has 2 fully saturated rings. The monoisotopic (exact) mass is 454 g/mol. The van der Waals surface area contributed by atoms with Crippen molar-refractivity contribution >= 4 is 21.8 Å². The number of carbonyl (C=O) groups is 2. The van der Waals surface area contributed by atoms with Crippen LogP contribution < -0.4 is 5.73 Å². The van der Waals surface area contributed by atoms with Gasteiger partial charge < -0.3 is 10.6 Å². The van der Waals surface area contributed by atoms with E-state index in [1.54, 1.807) is 17.2 Å². The van der Waals surface area contributed by atoms with Gasteiger partial charge in [-0.2, -0.15) is 4.31 Å². The molecular weight excluding hydrogens is 428 g/mol. The number of nitrogens with two attached hydrogens (primary N) is 1. The second-order valence-electron chi connectivity index (χ2n) is 8.18. The zero-order valence-electron chi connectivity index (χ0n) is 17.6. The lowest BCUT2D eigenvalue weighted by Gasteiger charge is -2.40. The van der Waals surface area contributed by atoms with Crippen LogP contribution >= 0.6 is 0 Å². The molecule has 32 heavy (non-hydrogen) atoms. The summed E-state index contributed by atoms with van der Waals surface area (Å²) in [6.07, 6.45) is 5.22. The molecule has 0 spiro atoms. The average Bonchev–Trinajstić information content (AvgIpc) is 2.87. The third-order valence-electron chi connectivity index (χ3n) is 6.21. The van der Waals surface area contributed by atoms with Gasteiger partial charge >= 0.3 is 0 Å². The van der Waals surface area contributed by atoms with Crippen molar-refractivity contribution in [3.63, 3.8) is 0 Å². The summed E-state index contributed by atoms with van der Waals surface area (Å²) >= 11 is 0. The molecule has 2 aliphatic rings. The van der Waals surface area contributed by atoms with Gasteiger partial charge in [0.25, 0.3) is 0 Å². The molecule has 8 nitrogen and oxygen atoms in total. The summed E-state index contributed by atoms with van der Waals surface area (Å²) in [6.45, 7) is 4.60. The Morgan fingerprint density at radius 1 is 1.22 bits per heavy atom. The highest BCUT2D eigenvalue weighted by molar-refractivity contribution is 7.89. The standard InChI is InChI=1S/C23H26N4O4S/c1-2-16-14-26(15-18-8-3-4-12-25-18)23(29)21-11-6-10-20(16)27(21)32(30,31)19-9-5-7-17(13-19)22(24)28/h2-5,7-9,12-13,16,20-21H,1,6,10-11,14-15H2,(H2,24,28)/t16-,20?,21?/m0/s1. The van der Waals surface area contributed by atoms with E-state index in [-0.39, 0.29) is 22.3 Å². The maximum Gasteiger partial charge on any atom is 0.248 e. The zero-order valence-corrected chi connectivity index (χ0v) is 18.4. The quantitative estimate of drug-likeness (QED) is 0.670. The Kier molecular flexibility index (Phi) is 6.12. The van der Waals surface area contributed by atoms with Crippen LogP contribution in [0.25, 0.3) is 0 Å². The normalized spacial score (nSPS) is 24.1. The number of rotatable bonds is 6. The lowest BCUT2D eigenvalue weighted by molar-refractivity contribution is -0.135. The van der Waals surface area contributed by atoms with Crippen LogP contribution in [-0.4, -0.2) is 53.0 Å². The average molecular weight is 455 g/mol. The Labute approximate surface area is 187 Å². The van der Waals surface area contributed by atoms with Gasteiger partial charge in [-0.15, -0.1) is 6.58 Å². The molecule has 2 aromatic rings. The topological polar surface area (TPSA) is 114 Å². The lowest BCUT2D eigenvalue weighted by Crippen LogP contribution is -2.54. The number of pyridine rings is 1. The molecule has 3 heterocycles. The van der Waals surface area contributed by atoms with Gasteiger partial charge in [-0.25, -0.2) is 8.42 Å². The number of sulfonamides is 1. The van der Waals surface area contributed by atoms with E-state index < -0.39 is 28.0 Å². The van der Waals surface area contributed by atoms with E-state index in [1.807, 2.05) is 18.2 Å². The Hall–Kier alpha value is -3.04. The number of fused-ring (bicyclic) bond motifs is 2. The van der Waals surface area contributed by atoms with Gasteiger partial charge in [0.15, 0.2) is 0 Å². The van der Waals surface area contributed by atoms with E-state index in [0.717, 1.165) is 12.1 Å². The SMILES string of the molecule is C=C[C@H]1CN(Cc2ccccn2)C(=O)C2CCCC1N2S(=O)(=O)c1cccc(C(N)=O)c1. The number of amides is 2. The summed E-state index contributed by atoms with van der Waals surface area (Å²) in [5.41, 5.74) is 6.20. The highest BCUT2D eigenvalue weighted by Crippen LogP contribution is 2.37. The van der Waals surface area contributed by atoms with Crippen molar-refractivity contribution in [1.82, 2.24) is 14.2 Å². The molecule has 2 bridgehead atoms. The van der Waals surface area contributed by atoms with Crippen molar-refractivity contribution in [2.24, 2.45) is 11.7 Å². The zero-order chi connectivity index (χ0) is 22.9. The first-order valence-corrected chi connectivity index (χ1v) is 12.0. The summed E-state index contributed by atoms with van der Waals surface area (Å²) in [5.74, 6) is -1.18. The van der Waals surface area contributed by atoms with Crippen LogP contribution in [0.2, 0.25) is 0 Å². The molecule has 3 atom stereocenters. The van der Waals surface area contributed by atoms with Gasteiger partial charge in [-0.1, -0.05) is 18.2 Å². The molecule has 2 unspecified atom stereocenters. The number of hydrogen-bond acceptors (Lipinski definition) is 5. The molecule has 1 aromatic heterocycles. The van der Waals surface area contributed by atoms with E-state index in [0.29, 0.717) is 25.9 Å². The smallest absolute Gasteiger partial charge is 0.248 e. The largest absolute Gasteiger partial charge is 0.366 e.